The van der Waals surface area contributed by atoms with Crippen LogP contribution in [-0.2, 0) is 37.9 Å². The Hall–Kier alpha value is -3.87. The number of hydrogen-bond acceptors (Lipinski definition) is 6. The largest absolute Gasteiger partial charge is 0.509 e. The van der Waals surface area contributed by atoms with Gasteiger partial charge in [0.25, 0.3) is 15.9 Å². The summed E-state index contributed by atoms with van der Waals surface area (Å²) in [6, 6.07) is 16.9. The fourth-order valence-electron chi connectivity index (χ4n) is 5.17. The number of nitrogens with one attached hydrogen (secondary N) is 1. The van der Waals surface area contributed by atoms with Gasteiger partial charge >= 0.3 is 0 Å². The lowest BCUT2D eigenvalue weighted by Gasteiger charge is -2.35. The van der Waals surface area contributed by atoms with Crippen LogP contribution < -0.4 is 4.72 Å². The normalized spacial score (nSPS) is 18.5. The molecule has 2 N–H and O–H groups in total. The summed E-state index contributed by atoms with van der Waals surface area (Å²) in [5.74, 6) is -1.37. The summed E-state index contributed by atoms with van der Waals surface area (Å²) in [5.41, 5.74) is -0.241. The standard InChI is InChI=1S/C29H28FN3O6S2/c1-29(2,3)27-25(34)23(28(35)33(27)17-18-12-14-20(30)15-13-18)24-22-11-7-8-19(26(22)41(38,39)32-24)16-31-40(36,37)21-9-5-4-6-10-21/h4-15,27,31,34H,16-17H2,1-3H3/t27-/m1/s1. The van der Waals surface area contributed by atoms with Gasteiger partial charge in [0.1, 0.15) is 27.8 Å². The van der Waals surface area contributed by atoms with Crippen molar-refractivity contribution >= 4 is 31.7 Å². The zero-order chi connectivity index (χ0) is 29.7. The predicted molar refractivity (Wildman–Crippen MR) is 150 cm³/mol. The molecular weight excluding hydrogens is 569 g/mol. The Balaban J connectivity index is 1.53. The van der Waals surface area contributed by atoms with Gasteiger partial charge in [-0.25, -0.2) is 17.5 Å². The molecule has 0 aromatic heterocycles. The average molecular weight is 598 g/mol. The number of carbonyl (C=O) groups excluding carboxylic acids is 1. The van der Waals surface area contributed by atoms with E-state index in [1.165, 1.54) is 59.5 Å². The summed E-state index contributed by atoms with van der Waals surface area (Å²) in [5, 5.41) is 11.4. The summed E-state index contributed by atoms with van der Waals surface area (Å²) in [6.45, 7) is 5.20. The molecule has 214 valence electrons. The van der Waals surface area contributed by atoms with Crippen molar-refractivity contribution in [1.82, 2.24) is 9.62 Å². The van der Waals surface area contributed by atoms with E-state index in [9.17, 15) is 31.1 Å². The second-order valence-corrected chi connectivity index (χ2v) is 14.2. The van der Waals surface area contributed by atoms with Gasteiger partial charge in [0, 0.05) is 18.7 Å². The molecule has 5 rings (SSSR count). The molecule has 0 bridgehead atoms. The van der Waals surface area contributed by atoms with Crippen LogP contribution in [0, 0.1) is 11.2 Å². The highest BCUT2D eigenvalue weighted by atomic mass is 32.2. The van der Waals surface area contributed by atoms with Crippen LogP contribution in [0.4, 0.5) is 4.39 Å². The molecule has 2 aliphatic rings. The Bertz CT molecular complexity index is 1810. The second kappa shape index (κ2) is 10.2. The first-order valence-corrected chi connectivity index (χ1v) is 15.6. The first kappa shape index (κ1) is 28.7. The van der Waals surface area contributed by atoms with Crippen molar-refractivity contribution in [2.24, 2.45) is 9.81 Å². The van der Waals surface area contributed by atoms with E-state index in [4.69, 9.17) is 0 Å². The maximum Gasteiger partial charge on any atom is 0.283 e. The second-order valence-electron chi connectivity index (χ2n) is 10.9. The number of hydrogen-bond donors (Lipinski definition) is 2. The topological polar surface area (TPSA) is 133 Å². The molecule has 9 nitrogen and oxygen atoms in total. The number of halogens is 1. The third kappa shape index (κ3) is 5.30. The number of rotatable bonds is 7. The zero-order valence-corrected chi connectivity index (χ0v) is 24.1. The Morgan fingerprint density at radius 1 is 1.00 bits per heavy atom. The highest BCUT2D eigenvalue weighted by Crippen LogP contribution is 2.41. The minimum absolute atomic E-state index is 0.0217. The smallest absolute Gasteiger partial charge is 0.283 e. The molecule has 2 heterocycles. The SMILES string of the molecule is CC(C)(C)[C@H]1C(O)=C(C2=NS(=O)(=O)c3c(CNS(=O)(=O)c4ccccc4)cccc32)C(=O)N1Cc1ccc(F)cc1. The monoisotopic (exact) mass is 597 g/mol. The van der Waals surface area contributed by atoms with Crippen LogP contribution in [0.1, 0.15) is 37.5 Å². The van der Waals surface area contributed by atoms with Crippen LogP contribution in [0.2, 0.25) is 0 Å². The minimum Gasteiger partial charge on any atom is -0.509 e. The number of carbonyl (C=O) groups is 1. The van der Waals surface area contributed by atoms with E-state index in [2.05, 4.69) is 9.12 Å². The Labute approximate surface area is 238 Å². The molecule has 0 fully saturated rings. The van der Waals surface area contributed by atoms with E-state index in [-0.39, 0.29) is 51.1 Å². The van der Waals surface area contributed by atoms with Gasteiger partial charge in [-0.2, -0.15) is 12.8 Å². The quantitative estimate of drug-likeness (QED) is 0.422. The van der Waals surface area contributed by atoms with Gasteiger partial charge in [-0.05, 0) is 40.8 Å². The molecule has 0 unspecified atom stereocenters. The van der Waals surface area contributed by atoms with Gasteiger partial charge in [0.15, 0.2) is 0 Å². The molecule has 3 aromatic rings. The van der Waals surface area contributed by atoms with Gasteiger partial charge in [0.05, 0.1) is 10.9 Å². The van der Waals surface area contributed by atoms with Crippen molar-refractivity contribution in [3.63, 3.8) is 0 Å². The van der Waals surface area contributed by atoms with Crippen LogP contribution in [0.3, 0.4) is 0 Å². The molecule has 0 aliphatic carbocycles. The maximum atomic E-state index is 13.8. The van der Waals surface area contributed by atoms with Crippen LogP contribution in [-0.4, -0.2) is 44.5 Å². The van der Waals surface area contributed by atoms with Crippen LogP contribution in [0.5, 0.6) is 0 Å². The van der Waals surface area contributed by atoms with E-state index in [0.29, 0.717) is 5.56 Å². The van der Waals surface area contributed by atoms with Gasteiger partial charge in [0.2, 0.25) is 10.0 Å². The van der Waals surface area contributed by atoms with E-state index in [1.807, 2.05) is 20.8 Å². The van der Waals surface area contributed by atoms with Crippen molar-refractivity contribution in [2.45, 2.75) is 49.7 Å². The summed E-state index contributed by atoms with van der Waals surface area (Å²) < 4.78 is 71.9. The van der Waals surface area contributed by atoms with E-state index in [1.54, 1.807) is 18.2 Å². The Kier molecular flexibility index (Phi) is 7.13. The number of amides is 1. The summed E-state index contributed by atoms with van der Waals surface area (Å²) in [4.78, 5) is 15.0. The van der Waals surface area contributed by atoms with Crippen molar-refractivity contribution < 1.29 is 31.1 Å². The Morgan fingerprint density at radius 2 is 1.66 bits per heavy atom. The number of aliphatic hydroxyl groups is 1. The molecule has 1 atom stereocenters. The van der Waals surface area contributed by atoms with Gasteiger partial charge in [-0.3, -0.25) is 4.79 Å². The van der Waals surface area contributed by atoms with Gasteiger partial charge < -0.3 is 10.0 Å². The lowest BCUT2D eigenvalue weighted by molar-refractivity contribution is -0.129. The molecule has 41 heavy (non-hydrogen) atoms. The fourth-order valence-corrected chi connectivity index (χ4v) is 7.63. The summed E-state index contributed by atoms with van der Waals surface area (Å²) >= 11 is 0. The van der Waals surface area contributed by atoms with Crippen molar-refractivity contribution in [2.75, 3.05) is 0 Å². The number of sulfonamides is 2. The third-order valence-electron chi connectivity index (χ3n) is 6.95. The average Bonchev–Trinajstić information content (AvgIpc) is 3.33. The van der Waals surface area contributed by atoms with Gasteiger partial charge in [-0.1, -0.05) is 69.3 Å². The zero-order valence-electron chi connectivity index (χ0n) is 22.5. The first-order chi connectivity index (χ1) is 19.2. The molecule has 3 aromatic carbocycles. The van der Waals surface area contributed by atoms with Crippen molar-refractivity contribution in [3.8, 4) is 0 Å². The minimum atomic E-state index is -4.34. The highest BCUT2D eigenvalue weighted by Gasteiger charge is 2.49. The molecule has 0 spiro atoms. The Morgan fingerprint density at radius 3 is 2.29 bits per heavy atom. The van der Waals surface area contributed by atoms with E-state index < -0.39 is 43.2 Å². The molecule has 12 heteroatoms. The van der Waals surface area contributed by atoms with Crippen molar-refractivity contribution in [1.29, 1.82) is 0 Å². The van der Waals surface area contributed by atoms with Crippen molar-refractivity contribution in [3.05, 3.63) is 107 Å². The molecule has 1 amide bonds. The first-order valence-electron chi connectivity index (χ1n) is 12.7. The highest BCUT2D eigenvalue weighted by molar-refractivity contribution is 7.91. The molecule has 0 saturated carbocycles. The van der Waals surface area contributed by atoms with Gasteiger partial charge in [-0.15, -0.1) is 0 Å². The molecule has 2 aliphatic heterocycles. The van der Waals surface area contributed by atoms with E-state index >= 15 is 0 Å². The van der Waals surface area contributed by atoms with E-state index in [0.717, 1.165) is 0 Å². The number of nitrogens with zero attached hydrogens (tertiary/aromatic N) is 2. The number of fused-ring (bicyclic) bond motifs is 1. The molecule has 0 saturated heterocycles. The fraction of sp³-hybridized carbons (Fsp3) is 0.241. The van der Waals surface area contributed by atoms with Crippen LogP contribution >= 0.6 is 0 Å². The maximum absolute atomic E-state index is 13.8. The summed E-state index contributed by atoms with van der Waals surface area (Å²) in [7, 11) is -8.28. The lowest BCUT2D eigenvalue weighted by atomic mass is 9.84. The molecule has 0 radical (unpaired) electrons. The van der Waals surface area contributed by atoms with Crippen LogP contribution in [0.25, 0.3) is 0 Å². The summed E-state index contributed by atoms with van der Waals surface area (Å²) in [6.07, 6.45) is 0. The number of benzene rings is 3. The lowest BCUT2D eigenvalue weighted by Crippen LogP contribution is -2.43. The van der Waals surface area contributed by atoms with Crippen LogP contribution in [0.15, 0.2) is 98.3 Å². The number of aliphatic hydroxyl groups excluding tert-OH is 1. The molecular formula is C29H28FN3O6S2. The third-order valence-corrected chi connectivity index (χ3v) is 9.79. The predicted octanol–water partition coefficient (Wildman–Crippen LogP) is 4.06.